The number of carboxylic acids is 1. The van der Waals surface area contributed by atoms with Crippen molar-refractivity contribution in [2.24, 2.45) is 0 Å². The highest BCUT2D eigenvalue weighted by atomic mass is 16.4. The molecule has 2 rings (SSSR count). The first-order valence-electron chi connectivity index (χ1n) is 7.27. The van der Waals surface area contributed by atoms with Crippen LogP contribution in [0.4, 0.5) is 5.82 Å². The Morgan fingerprint density at radius 2 is 2.10 bits per heavy atom. The number of rotatable bonds is 5. The van der Waals surface area contributed by atoms with Gasteiger partial charge in [0.25, 0.3) is 0 Å². The molecule has 110 valence electrons. The normalized spacial score (nSPS) is 17.7. The van der Waals surface area contributed by atoms with Crippen LogP contribution in [0.15, 0.2) is 12.1 Å². The number of nitrogens with zero attached hydrogens (tertiary/aromatic N) is 2. The number of aryl methyl sites for hydroxylation is 1. The van der Waals surface area contributed by atoms with Crippen LogP contribution in [0.1, 0.15) is 42.2 Å². The highest BCUT2D eigenvalue weighted by molar-refractivity contribution is 5.89. The van der Waals surface area contributed by atoms with Crippen molar-refractivity contribution in [1.82, 2.24) is 9.88 Å². The Kier molecular flexibility index (Phi) is 4.95. The molecule has 2 heterocycles. The van der Waals surface area contributed by atoms with E-state index in [-0.39, 0.29) is 5.56 Å². The van der Waals surface area contributed by atoms with Gasteiger partial charge < -0.3 is 10.4 Å². The third-order valence-electron chi connectivity index (χ3n) is 3.91. The SMILES string of the molecule is Cc1nc(NCC(C)N2CCCCC2)ccc1C(=O)O. The fourth-order valence-electron chi connectivity index (χ4n) is 2.63. The number of hydrogen-bond acceptors (Lipinski definition) is 4. The molecule has 1 atom stereocenters. The van der Waals surface area contributed by atoms with E-state index in [0.29, 0.717) is 11.7 Å². The molecule has 1 unspecified atom stereocenters. The number of carboxylic acid groups (broad SMARTS) is 1. The number of aromatic nitrogens is 1. The van der Waals surface area contributed by atoms with Crippen molar-refractivity contribution in [2.75, 3.05) is 25.0 Å². The van der Waals surface area contributed by atoms with Gasteiger partial charge in [-0.1, -0.05) is 6.42 Å². The molecule has 5 nitrogen and oxygen atoms in total. The molecular formula is C15H23N3O2. The number of likely N-dealkylation sites (tertiary alicyclic amines) is 1. The molecular weight excluding hydrogens is 254 g/mol. The Morgan fingerprint density at radius 3 is 2.70 bits per heavy atom. The van der Waals surface area contributed by atoms with Crippen LogP contribution < -0.4 is 5.32 Å². The zero-order chi connectivity index (χ0) is 14.5. The van der Waals surface area contributed by atoms with Crippen LogP contribution in [-0.2, 0) is 0 Å². The second kappa shape index (κ2) is 6.70. The van der Waals surface area contributed by atoms with E-state index in [1.54, 1.807) is 19.1 Å². The molecule has 1 fully saturated rings. The first kappa shape index (κ1) is 14.8. The zero-order valence-electron chi connectivity index (χ0n) is 12.2. The molecule has 0 aliphatic carbocycles. The van der Waals surface area contributed by atoms with Crippen molar-refractivity contribution in [3.63, 3.8) is 0 Å². The molecule has 0 spiro atoms. The summed E-state index contributed by atoms with van der Waals surface area (Å²) in [4.78, 5) is 17.7. The maximum Gasteiger partial charge on any atom is 0.337 e. The summed E-state index contributed by atoms with van der Waals surface area (Å²) in [5.41, 5.74) is 0.813. The van der Waals surface area contributed by atoms with E-state index in [0.717, 1.165) is 12.4 Å². The maximum absolute atomic E-state index is 10.9. The van der Waals surface area contributed by atoms with E-state index in [1.807, 2.05) is 0 Å². The smallest absolute Gasteiger partial charge is 0.337 e. The van der Waals surface area contributed by atoms with E-state index >= 15 is 0 Å². The van der Waals surface area contributed by atoms with Crippen LogP contribution in [-0.4, -0.2) is 46.6 Å². The summed E-state index contributed by atoms with van der Waals surface area (Å²) < 4.78 is 0. The van der Waals surface area contributed by atoms with Gasteiger partial charge in [0.15, 0.2) is 0 Å². The summed E-state index contributed by atoms with van der Waals surface area (Å²) in [5, 5.41) is 12.3. The summed E-state index contributed by atoms with van der Waals surface area (Å²) in [7, 11) is 0. The molecule has 1 aromatic heterocycles. The van der Waals surface area contributed by atoms with E-state index in [2.05, 4.69) is 22.1 Å². The van der Waals surface area contributed by atoms with Crippen LogP contribution in [0.3, 0.4) is 0 Å². The third-order valence-corrected chi connectivity index (χ3v) is 3.91. The fourth-order valence-corrected chi connectivity index (χ4v) is 2.63. The number of pyridine rings is 1. The Balaban J connectivity index is 1.90. The van der Waals surface area contributed by atoms with Gasteiger partial charge in [0.2, 0.25) is 0 Å². The number of nitrogens with one attached hydrogen (secondary N) is 1. The molecule has 0 saturated carbocycles. The predicted molar refractivity (Wildman–Crippen MR) is 79.3 cm³/mol. The van der Waals surface area contributed by atoms with Crippen molar-refractivity contribution >= 4 is 11.8 Å². The number of piperidine rings is 1. The van der Waals surface area contributed by atoms with E-state index in [9.17, 15) is 4.79 Å². The molecule has 0 aromatic carbocycles. The molecule has 1 aliphatic heterocycles. The number of aromatic carboxylic acids is 1. The van der Waals surface area contributed by atoms with Gasteiger partial charge in [0.05, 0.1) is 11.3 Å². The quantitative estimate of drug-likeness (QED) is 0.865. The van der Waals surface area contributed by atoms with Gasteiger partial charge in [-0.05, 0) is 51.9 Å². The highest BCUT2D eigenvalue weighted by Gasteiger charge is 2.16. The Labute approximate surface area is 120 Å². The van der Waals surface area contributed by atoms with Crippen molar-refractivity contribution < 1.29 is 9.90 Å². The minimum Gasteiger partial charge on any atom is -0.478 e. The van der Waals surface area contributed by atoms with Crippen molar-refractivity contribution in [3.05, 3.63) is 23.4 Å². The second-order valence-electron chi connectivity index (χ2n) is 5.46. The van der Waals surface area contributed by atoms with Crippen LogP contribution >= 0.6 is 0 Å². The fraction of sp³-hybridized carbons (Fsp3) is 0.600. The highest BCUT2D eigenvalue weighted by Crippen LogP contribution is 2.14. The molecule has 0 radical (unpaired) electrons. The van der Waals surface area contributed by atoms with Gasteiger partial charge >= 0.3 is 5.97 Å². The molecule has 2 N–H and O–H groups in total. The monoisotopic (exact) mass is 277 g/mol. The minimum atomic E-state index is -0.928. The lowest BCUT2D eigenvalue weighted by Gasteiger charge is -2.32. The number of carbonyl (C=O) groups is 1. The maximum atomic E-state index is 10.9. The van der Waals surface area contributed by atoms with Gasteiger partial charge in [-0.25, -0.2) is 9.78 Å². The Morgan fingerprint density at radius 1 is 1.40 bits per heavy atom. The van der Waals surface area contributed by atoms with E-state index < -0.39 is 5.97 Å². The topological polar surface area (TPSA) is 65.5 Å². The summed E-state index contributed by atoms with van der Waals surface area (Å²) in [5.74, 6) is -0.181. The third kappa shape index (κ3) is 3.70. The zero-order valence-corrected chi connectivity index (χ0v) is 12.2. The van der Waals surface area contributed by atoms with Gasteiger partial charge in [-0.15, -0.1) is 0 Å². The van der Waals surface area contributed by atoms with E-state index in [4.69, 9.17) is 5.11 Å². The largest absolute Gasteiger partial charge is 0.478 e. The van der Waals surface area contributed by atoms with Gasteiger partial charge in [0, 0.05) is 12.6 Å². The lowest BCUT2D eigenvalue weighted by molar-refractivity contribution is 0.0695. The molecule has 1 saturated heterocycles. The predicted octanol–water partition coefficient (Wildman–Crippen LogP) is 2.37. The van der Waals surface area contributed by atoms with Gasteiger partial charge in [-0.3, -0.25) is 4.90 Å². The number of hydrogen-bond donors (Lipinski definition) is 2. The summed E-state index contributed by atoms with van der Waals surface area (Å²) >= 11 is 0. The van der Waals surface area contributed by atoms with Gasteiger partial charge in [0.1, 0.15) is 5.82 Å². The van der Waals surface area contributed by atoms with Crippen LogP contribution in [0.25, 0.3) is 0 Å². The molecule has 5 heteroatoms. The average molecular weight is 277 g/mol. The van der Waals surface area contributed by atoms with Crippen LogP contribution in [0.2, 0.25) is 0 Å². The number of anilines is 1. The summed E-state index contributed by atoms with van der Waals surface area (Å²) in [6, 6.07) is 3.81. The Bertz CT molecular complexity index is 470. The molecule has 1 aromatic rings. The molecule has 0 bridgehead atoms. The average Bonchev–Trinajstić information content (AvgIpc) is 2.45. The molecule has 20 heavy (non-hydrogen) atoms. The minimum absolute atomic E-state index is 0.264. The summed E-state index contributed by atoms with van der Waals surface area (Å²) in [6.07, 6.45) is 3.91. The molecule has 1 aliphatic rings. The first-order chi connectivity index (χ1) is 9.58. The second-order valence-corrected chi connectivity index (χ2v) is 5.46. The van der Waals surface area contributed by atoms with Crippen LogP contribution in [0.5, 0.6) is 0 Å². The van der Waals surface area contributed by atoms with Crippen LogP contribution in [0, 0.1) is 6.92 Å². The molecule has 0 amide bonds. The van der Waals surface area contributed by atoms with Gasteiger partial charge in [-0.2, -0.15) is 0 Å². The lowest BCUT2D eigenvalue weighted by atomic mass is 10.1. The lowest BCUT2D eigenvalue weighted by Crippen LogP contribution is -2.41. The van der Waals surface area contributed by atoms with Crippen molar-refractivity contribution in [1.29, 1.82) is 0 Å². The first-order valence-corrected chi connectivity index (χ1v) is 7.27. The van der Waals surface area contributed by atoms with E-state index in [1.165, 1.54) is 32.4 Å². The Hall–Kier alpha value is -1.62. The standard InChI is InChI=1S/C15H23N3O2/c1-11(18-8-4-3-5-9-18)10-16-14-7-6-13(15(19)20)12(2)17-14/h6-7,11H,3-5,8-10H2,1-2H3,(H,16,17)(H,19,20). The summed E-state index contributed by atoms with van der Waals surface area (Å²) in [6.45, 7) is 7.12. The van der Waals surface area contributed by atoms with Crippen molar-refractivity contribution in [2.45, 2.75) is 39.2 Å². The van der Waals surface area contributed by atoms with Crippen molar-refractivity contribution in [3.8, 4) is 0 Å².